The van der Waals surface area contributed by atoms with Gasteiger partial charge in [0.05, 0.1) is 4.88 Å². The van der Waals surface area contributed by atoms with Crippen molar-refractivity contribution in [2.75, 3.05) is 31.5 Å². The molecule has 1 aliphatic heterocycles. The molecule has 3 aromatic rings. The van der Waals surface area contributed by atoms with Gasteiger partial charge in [-0.05, 0) is 42.1 Å². The number of thiophene rings is 1. The molecule has 4 rings (SSSR count). The third-order valence-corrected chi connectivity index (χ3v) is 6.21. The molecule has 5 nitrogen and oxygen atoms in total. The molecule has 0 unspecified atom stereocenters. The van der Waals surface area contributed by atoms with Crippen LogP contribution in [0, 0.1) is 5.82 Å². The topological polar surface area (TPSA) is 52.7 Å². The summed E-state index contributed by atoms with van der Waals surface area (Å²) in [5.41, 5.74) is 1.82. The first-order chi connectivity index (χ1) is 15.1. The van der Waals surface area contributed by atoms with Crippen molar-refractivity contribution in [3.05, 3.63) is 87.9 Å². The monoisotopic (exact) mass is 437 g/mol. The lowest BCUT2D eigenvalue weighted by Crippen LogP contribution is -2.35. The standard InChI is InChI=1S/C24H24FN3O2S/c25-21-9-2-1-6-19(21)17-27-11-5-12-28(14-13-27)24(30)18-7-3-8-20(16-18)26-23(29)22-10-4-15-31-22/h1-4,6-10,15-16H,5,11-14,17H2,(H,26,29). The Morgan fingerprint density at radius 1 is 0.968 bits per heavy atom. The van der Waals surface area contributed by atoms with Gasteiger partial charge in [0.2, 0.25) is 0 Å². The molecule has 7 heteroatoms. The molecule has 31 heavy (non-hydrogen) atoms. The van der Waals surface area contributed by atoms with Crippen LogP contribution in [0.25, 0.3) is 0 Å². The number of amides is 2. The van der Waals surface area contributed by atoms with Crippen molar-refractivity contribution in [1.82, 2.24) is 9.80 Å². The number of carbonyl (C=O) groups is 2. The van der Waals surface area contributed by atoms with Gasteiger partial charge in [-0.2, -0.15) is 0 Å². The number of hydrogen-bond acceptors (Lipinski definition) is 4. The molecule has 1 fully saturated rings. The zero-order valence-electron chi connectivity index (χ0n) is 17.1. The van der Waals surface area contributed by atoms with Gasteiger partial charge in [0.1, 0.15) is 5.82 Å². The molecular weight excluding hydrogens is 413 g/mol. The minimum Gasteiger partial charge on any atom is -0.337 e. The maximum Gasteiger partial charge on any atom is 0.265 e. The van der Waals surface area contributed by atoms with Gasteiger partial charge in [0, 0.05) is 49.5 Å². The Bertz CT molecular complexity index is 1050. The van der Waals surface area contributed by atoms with Gasteiger partial charge in [-0.1, -0.05) is 30.3 Å². The Kier molecular flexibility index (Phi) is 6.74. The van der Waals surface area contributed by atoms with Crippen LogP contribution < -0.4 is 5.32 Å². The molecule has 2 heterocycles. The van der Waals surface area contributed by atoms with E-state index in [2.05, 4.69) is 10.2 Å². The number of nitrogens with zero attached hydrogens (tertiary/aromatic N) is 2. The molecule has 1 saturated heterocycles. The average Bonchev–Trinajstić information content (AvgIpc) is 3.22. The van der Waals surface area contributed by atoms with Crippen molar-refractivity contribution in [3.63, 3.8) is 0 Å². The highest BCUT2D eigenvalue weighted by atomic mass is 32.1. The molecule has 0 saturated carbocycles. The smallest absolute Gasteiger partial charge is 0.265 e. The number of halogens is 1. The average molecular weight is 438 g/mol. The lowest BCUT2D eigenvalue weighted by molar-refractivity contribution is 0.0760. The summed E-state index contributed by atoms with van der Waals surface area (Å²) in [6, 6.07) is 17.5. The Hall–Kier alpha value is -3.03. The quantitative estimate of drug-likeness (QED) is 0.640. The molecule has 0 bridgehead atoms. The maximum atomic E-state index is 14.0. The number of anilines is 1. The summed E-state index contributed by atoms with van der Waals surface area (Å²) >= 11 is 1.37. The second-order valence-corrected chi connectivity index (χ2v) is 8.47. The third kappa shape index (κ3) is 5.37. The largest absolute Gasteiger partial charge is 0.337 e. The number of hydrogen-bond donors (Lipinski definition) is 1. The lowest BCUT2D eigenvalue weighted by Gasteiger charge is -2.22. The van der Waals surface area contributed by atoms with E-state index in [0.717, 1.165) is 13.0 Å². The number of rotatable bonds is 5. The molecule has 2 amide bonds. The molecule has 1 N–H and O–H groups in total. The normalized spacial score (nSPS) is 14.8. The zero-order valence-corrected chi connectivity index (χ0v) is 17.9. The predicted molar refractivity (Wildman–Crippen MR) is 121 cm³/mol. The van der Waals surface area contributed by atoms with E-state index in [0.29, 0.717) is 47.9 Å². The van der Waals surface area contributed by atoms with Crippen molar-refractivity contribution in [2.45, 2.75) is 13.0 Å². The first kappa shape index (κ1) is 21.2. The fourth-order valence-corrected chi connectivity index (χ4v) is 4.33. The Labute approximate surface area is 185 Å². The van der Waals surface area contributed by atoms with Gasteiger partial charge in [0.25, 0.3) is 11.8 Å². The van der Waals surface area contributed by atoms with Crippen molar-refractivity contribution < 1.29 is 14.0 Å². The van der Waals surface area contributed by atoms with E-state index in [1.54, 1.807) is 42.5 Å². The van der Waals surface area contributed by atoms with Gasteiger partial charge in [-0.15, -0.1) is 11.3 Å². The molecule has 160 valence electrons. The number of benzene rings is 2. The molecule has 2 aromatic carbocycles. The molecule has 0 atom stereocenters. The first-order valence-corrected chi connectivity index (χ1v) is 11.2. The van der Waals surface area contributed by atoms with E-state index >= 15 is 0 Å². The van der Waals surface area contributed by atoms with Crippen LogP contribution in [0.4, 0.5) is 10.1 Å². The van der Waals surface area contributed by atoms with Crippen LogP contribution in [-0.4, -0.2) is 47.8 Å². The molecule has 0 radical (unpaired) electrons. The van der Waals surface area contributed by atoms with Crippen molar-refractivity contribution in [1.29, 1.82) is 0 Å². The van der Waals surface area contributed by atoms with Gasteiger partial charge < -0.3 is 10.2 Å². The summed E-state index contributed by atoms with van der Waals surface area (Å²) in [6.07, 6.45) is 0.828. The minimum absolute atomic E-state index is 0.0556. The summed E-state index contributed by atoms with van der Waals surface area (Å²) in [5, 5.41) is 4.70. The van der Waals surface area contributed by atoms with E-state index < -0.39 is 0 Å². The summed E-state index contributed by atoms with van der Waals surface area (Å²) in [5.74, 6) is -0.431. The van der Waals surface area contributed by atoms with Crippen LogP contribution in [0.15, 0.2) is 66.0 Å². The summed E-state index contributed by atoms with van der Waals surface area (Å²) in [6.45, 7) is 3.28. The Balaban J connectivity index is 1.38. The highest BCUT2D eigenvalue weighted by Gasteiger charge is 2.21. The summed E-state index contributed by atoms with van der Waals surface area (Å²) in [7, 11) is 0. The SMILES string of the molecule is O=C(Nc1cccc(C(=O)N2CCCN(Cc3ccccc3F)CC2)c1)c1cccs1. The van der Waals surface area contributed by atoms with Gasteiger partial charge >= 0.3 is 0 Å². The highest BCUT2D eigenvalue weighted by molar-refractivity contribution is 7.12. The van der Waals surface area contributed by atoms with E-state index in [4.69, 9.17) is 0 Å². The van der Waals surface area contributed by atoms with Gasteiger partial charge in [-0.3, -0.25) is 14.5 Å². The number of nitrogens with one attached hydrogen (secondary N) is 1. The van der Waals surface area contributed by atoms with Crippen molar-refractivity contribution in [2.24, 2.45) is 0 Å². The second-order valence-electron chi connectivity index (χ2n) is 7.53. The van der Waals surface area contributed by atoms with Crippen LogP contribution in [0.5, 0.6) is 0 Å². The highest BCUT2D eigenvalue weighted by Crippen LogP contribution is 2.18. The van der Waals surface area contributed by atoms with E-state index in [-0.39, 0.29) is 17.6 Å². The van der Waals surface area contributed by atoms with E-state index in [9.17, 15) is 14.0 Å². The third-order valence-electron chi connectivity index (χ3n) is 5.34. The predicted octanol–water partition coefficient (Wildman–Crippen LogP) is 4.49. The van der Waals surface area contributed by atoms with Crippen LogP contribution >= 0.6 is 11.3 Å². The lowest BCUT2D eigenvalue weighted by atomic mass is 10.1. The fourth-order valence-electron chi connectivity index (χ4n) is 3.71. The fraction of sp³-hybridized carbons (Fsp3) is 0.250. The molecule has 1 aromatic heterocycles. The summed E-state index contributed by atoms with van der Waals surface area (Å²) < 4.78 is 14.0. The first-order valence-electron chi connectivity index (χ1n) is 10.3. The molecule has 0 aliphatic carbocycles. The van der Waals surface area contributed by atoms with Gasteiger partial charge in [-0.25, -0.2) is 4.39 Å². The Morgan fingerprint density at radius 3 is 2.65 bits per heavy atom. The van der Waals surface area contributed by atoms with E-state index in [1.807, 2.05) is 22.4 Å². The second kappa shape index (κ2) is 9.85. The molecular formula is C24H24FN3O2S. The molecule has 1 aliphatic rings. The maximum absolute atomic E-state index is 14.0. The van der Waals surface area contributed by atoms with Crippen LogP contribution in [-0.2, 0) is 6.54 Å². The van der Waals surface area contributed by atoms with Crippen LogP contribution in [0.3, 0.4) is 0 Å². The number of carbonyl (C=O) groups excluding carboxylic acids is 2. The Morgan fingerprint density at radius 2 is 1.84 bits per heavy atom. The van der Waals surface area contributed by atoms with Gasteiger partial charge in [0.15, 0.2) is 0 Å². The summed E-state index contributed by atoms with van der Waals surface area (Å²) in [4.78, 5) is 30.0. The van der Waals surface area contributed by atoms with Crippen molar-refractivity contribution in [3.8, 4) is 0 Å². The van der Waals surface area contributed by atoms with Crippen molar-refractivity contribution >= 4 is 28.8 Å². The van der Waals surface area contributed by atoms with Crippen LogP contribution in [0.2, 0.25) is 0 Å². The van der Waals surface area contributed by atoms with Crippen LogP contribution in [0.1, 0.15) is 32.0 Å². The minimum atomic E-state index is -0.193. The zero-order chi connectivity index (χ0) is 21.6. The van der Waals surface area contributed by atoms with E-state index in [1.165, 1.54) is 17.4 Å². The molecule has 0 spiro atoms.